The minimum atomic E-state index is -0.406. The molecule has 1 fully saturated rings. The first kappa shape index (κ1) is 19.3. The van der Waals surface area contributed by atoms with E-state index in [1.165, 1.54) is 4.90 Å². The van der Waals surface area contributed by atoms with Crippen LogP contribution >= 0.6 is 0 Å². The van der Waals surface area contributed by atoms with E-state index in [4.69, 9.17) is 0 Å². The zero-order valence-corrected chi connectivity index (χ0v) is 17.1. The van der Waals surface area contributed by atoms with Gasteiger partial charge in [0.15, 0.2) is 0 Å². The van der Waals surface area contributed by atoms with Crippen molar-refractivity contribution in [2.75, 3.05) is 10.6 Å². The lowest BCUT2D eigenvalue weighted by Crippen LogP contribution is -2.40. The molecule has 0 radical (unpaired) electrons. The molecule has 156 valence electrons. The van der Waals surface area contributed by atoms with Crippen LogP contribution in [-0.4, -0.2) is 28.8 Å². The van der Waals surface area contributed by atoms with Gasteiger partial charge in [0, 0.05) is 17.4 Å². The normalized spacial score (nSPS) is 16.5. The number of imide groups is 1. The fourth-order valence-electron chi connectivity index (χ4n) is 4.57. The van der Waals surface area contributed by atoms with E-state index < -0.39 is 6.03 Å². The molecular weight excluding hydrogens is 390 g/mol. The fourth-order valence-corrected chi connectivity index (χ4v) is 4.57. The number of amides is 4. The Morgan fingerprint density at radius 2 is 1.39 bits per heavy atom. The zero-order valence-electron chi connectivity index (χ0n) is 17.1. The van der Waals surface area contributed by atoms with Crippen molar-refractivity contribution in [1.82, 2.24) is 4.90 Å². The number of hydrogen-bond acceptors (Lipinski definition) is 3. The van der Waals surface area contributed by atoms with Gasteiger partial charge in [-0.15, -0.1) is 0 Å². The lowest BCUT2D eigenvalue weighted by Gasteiger charge is -2.29. The van der Waals surface area contributed by atoms with Gasteiger partial charge in [0.05, 0.1) is 11.1 Å². The third kappa shape index (κ3) is 3.65. The van der Waals surface area contributed by atoms with Crippen molar-refractivity contribution in [3.63, 3.8) is 0 Å². The highest BCUT2D eigenvalue weighted by molar-refractivity contribution is 6.22. The van der Waals surface area contributed by atoms with E-state index in [1.54, 1.807) is 18.2 Å². The summed E-state index contributed by atoms with van der Waals surface area (Å²) < 4.78 is 0. The van der Waals surface area contributed by atoms with Gasteiger partial charge in [-0.25, -0.2) is 4.79 Å². The Balaban J connectivity index is 1.31. The van der Waals surface area contributed by atoms with Gasteiger partial charge in [-0.2, -0.15) is 0 Å². The van der Waals surface area contributed by atoms with E-state index in [2.05, 4.69) is 10.6 Å². The van der Waals surface area contributed by atoms with Crippen LogP contribution in [0.25, 0.3) is 10.8 Å². The van der Waals surface area contributed by atoms with Gasteiger partial charge >= 0.3 is 6.03 Å². The van der Waals surface area contributed by atoms with Crippen LogP contribution in [0.3, 0.4) is 0 Å². The van der Waals surface area contributed by atoms with E-state index in [1.807, 2.05) is 42.5 Å². The second-order valence-electron chi connectivity index (χ2n) is 8.17. The first-order valence-corrected chi connectivity index (χ1v) is 10.7. The van der Waals surface area contributed by atoms with E-state index >= 15 is 0 Å². The number of hydrogen-bond donors (Lipinski definition) is 2. The summed E-state index contributed by atoms with van der Waals surface area (Å²) in [6.45, 7) is 0. The molecule has 4 amide bonds. The van der Waals surface area contributed by atoms with E-state index in [9.17, 15) is 14.4 Å². The standard InChI is InChI=1S/C25H23N3O3/c29-23-21-13-12-19(15-22(21)24(30)28(23)20-8-2-1-3-9-20)27-25(31)26-18-11-10-16-6-4-5-7-17(16)14-18/h4-7,10-15,20H,1-3,8-9H2,(H2,26,27,31). The Hall–Kier alpha value is -3.67. The van der Waals surface area contributed by atoms with Gasteiger partial charge in [0.2, 0.25) is 0 Å². The highest BCUT2D eigenvalue weighted by Crippen LogP contribution is 2.32. The summed E-state index contributed by atoms with van der Waals surface area (Å²) in [5.41, 5.74) is 1.92. The minimum absolute atomic E-state index is 0.0197. The molecule has 6 heteroatoms. The van der Waals surface area contributed by atoms with E-state index in [0.29, 0.717) is 22.5 Å². The lowest BCUT2D eigenvalue weighted by atomic mass is 9.94. The van der Waals surface area contributed by atoms with Crippen LogP contribution in [0.1, 0.15) is 52.8 Å². The number of carbonyl (C=O) groups excluding carboxylic acids is 3. The van der Waals surface area contributed by atoms with Crippen molar-refractivity contribution in [2.45, 2.75) is 38.1 Å². The van der Waals surface area contributed by atoms with Crippen LogP contribution in [0.2, 0.25) is 0 Å². The van der Waals surface area contributed by atoms with Crippen molar-refractivity contribution in [3.8, 4) is 0 Å². The monoisotopic (exact) mass is 413 g/mol. The van der Waals surface area contributed by atoms with Crippen molar-refractivity contribution in [1.29, 1.82) is 0 Å². The minimum Gasteiger partial charge on any atom is -0.308 e. The molecule has 1 aliphatic carbocycles. The number of anilines is 2. The van der Waals surface area contributed by atoms with Crippen LogP contribution in [0.5, 0.6) is 0 Å². The van der Waals surface area contributed by atoms with E-state index in [0.717, 1.165) is 42.9 Å². The summed E-state index contributed by atoms with van der Waals surface area (Å²) in [7, 11) is 0. The maximum absolute atomic E-state index is 12.9. The second-order valence-corrected chi connectivity index (χ2v) is 8.17. The lowest BCUT2D eigenvalue weighted by molar-refractivity contribution is 0.0549. The summed E-state index contributed by atoms with van der Waals surface area (Å²) in [6.07, 6.45) is 4.97. The van der Waals surface area contributed by atoms with Crippen LogP contribution < -0.4 is 10.6 Å². The van der Waals surface area contributed by atoms with Crippen molar-refractivity contribution < 1.29 is 14.4 Å². The van der Waals surface area contributed by atoms with Gasteiger partial charge in [0.25, 0.3) is 11.8 Å². The average molecular weight is 413 g/mol. The highest BCUT2D eigenvalue weighted by Gasteiger charge is 2.40. The summed E-state index contributed by atoms with van der Waals surface area (Å²) in [5.74, 6) is -0.482. The fraction of sp³-hybridized carbons (Fsp3) is 0.240. The molecule has 2 aliphatic rings. The summed E-state index contributed by atoms with van der Waals surface area (Å²) in [6, 6.07) is 18.1. The summed E-state index contributed by atoms with van der Waals surface area (Å²) in [5, 5.41) is 7.71. The molecule has 31 heavy (non-hydrogen) atoms. The Kier molecular flexibility index (Phi) is 4.90. The second kappa shape index (κ2) is 7.87. The predicted molar refractivity (Wildman–Crippen MR) is 120 cm³/mol. The first-order chi connectivity index (χ1) is 15.1. The Morgan fingerprint density at radius 3 is 2.16 bits per heavy atom. The molecule has 0 aromatic heterocycles. The molecule has 0 atom stereocenters. The Morgan fingerprint density at radius 1 is 0.742 bits per heavy atom. The molecule has 1 aliphatic heterocycles. The van der Waals surface area contributed by atoms with Gasteiger partial charge in [0.1, 0.15) is 0 Å². The number of carbonyl (C=O) groups is 3. The predicted octanol–water partition coefficient (Wildman–Crippen LogP) is 5.41. The van der Waals surface area contributed by atoms with Crippen LogP contribution in [0.15, 0.2) is 60.7 Å². The summed E-state index contributed by atoms with van der Waals surface area (Å²) >= 11 is 0. The molecule has 5 rings (SSSR count). The SMILES string of the molecule is O=C(Nc1ccc2c(c1)C(=O)N(C1CCCCC1)C2=O)Nc1ccc2ccccc2c1. The molecule has 0 spiro atoms. The molecule has 0 bridgehead atoms. The molecule has 2 N–H and O–H groups in total. The molecule has 6 nitrogen and oxygen atoms in total. The van der Waals surface area contributed by atoms with Gasteiger partial charge in [-0.3, -0.25) is 14.5 Å². The Labute approximate surface area is 180 Å². The molecule has 0 unspecified atom stereocenters. The van der Waals surface area contributed by atoms with Crippen LogP contribution in [0.4, 0.5) is 16.2 Å². The number of rotatable bonds is 3. The summed E-state index contributed by atoms with van der Waals surface area (Å²) in [4.78, 5) is 39.6. The van der Waals surface area contributed by atoms with Crippen molar-refractivity contribution in [2.24, 2.45) is 0 Å². The molecule has 1 heterocycles. The highest BCUT2D eigenvalue weighted by atomic mass is 16.2. The van der Waals surface area contributed by atoms with Gasteiger partial charge < -0.3 is 10.6 Å². The molecule has 1 saturated carbocycles. The third-order valence-electron chi connectivity index (χ3n) is 6.12. The molecule has 3 aromatic carbocycles. The number of urea groups is 1. The quantitative estimate of drug-likeness (QED) is 0.563. The van der Waals surface area contributed by atoms with Crippen molar-refractivity contribution >= 4 is 40.0 Å². The van der Waals surface area contributed by atoms with Gasteiger partial charge in [-0.05, 0) is 53.9 Å². The first-order valence-electron chi connectivity index (χ1n) is 10.7. The number of fused-ring (bicyclic) bond motifs is 2. The maximum Gasteiger partial charge on any atom is 0.323 e. The number of nitrogens with zero attached hydrogens (tertiary/aromatic N) is 1. The molecule has 0 saturated heterocycles. The molecule has 3 aromatic rings. The molecular formula is C25H23N3O3. The maximum atomic E-state index is 12.9. The smallest absolute Gasteiger partial charge is 0.308 e. The number of benzene rings is 3. The average Bonchev–Trinajstić information content (AvgIpc) is 3.03. The third-order valence-corrected chi connectivity index (χ3v) is 6.12. The Bertz CT molecular complexity index is 1200. The number of nitrogens with one attached hydrogen (secondary N) is 2. The largest absolute Gasteiger partial charge is 0.323 e. The van der Waals surface area contributed by atoms with E-state index in [-0.39, 0.29) is 17.9 Å². The van der Waals surface area contributed by atoms with Crippen LogP contribution in [-0.2, 0) is 0 Å². The van der Waals surface area contributed by atoms with Crippen LogP contribution in [0, 0.1) is 0 Å². The van der Waals surface area contributed by atoms with Crippen molar-refractivity contribution in [3.05, 3.63) is 71.8 Å². The van der Waals surface area contributed by atoms with Gasteiger partial charge in [-0.1, -0.05) is 49.6 Å². The zero-order chi connectivity index (χ0) is 21.4. The topological polar surface area (TPSA) is 78.5 Å².